The minimum atomic E-state index is 0.0282. The predicted molar refractivity (Wildman–Crippen MR) is 77.3 cm³/mol. The molecule has 1 aromatic heterocycles. The van der Waals surface area contributed by atoms with Gasteiger partial charge in [0.05, 0.1) is 12.2 Å². The zero-order valence-electron chi connectivity index (χ0n) is 12.9. The van der Waals surface area contributed by atoms with Crippen molar-refractivity contribution in [3.63, 3.8) is 0 Å². The molecule has 2 rings (SSSR count). The summed E-state index contributed by atoms with van der Waals surface area (Å²) in [5, 5.41) is 3.38. The third kappa shape index (κ3) is 3.37. The van der Waals surface area contributed by atoms with Gasteiger partial charge in [-0.2, -0.15) is 0 Å². The van der Waals surface area contributed by atoms with E-state index in [0.29, 0.717) is 6.04 Å². The van der Waals surface area contributed by atoms with Crippen LogP contribution in [0.15, 0.2) is 10.6 Å². The monoisotopic (exact) mass is 265 g/mol. The fourth-order valence-electron chi connectivity index (χ4n) is 2.58. The van der Waals surface area contributed by atoms with Gasteiger partial charge in [0.1, 0.15) is 5.76 Å². The van der Waals surface area contributed by atoms with Gasteiger partial charge in [0, 0.05) is 18.0 Å². The standard InChI is InChI=1S/C15H27N3O/c1-11(18-8-6-7-12(10-18)16-5)14-17-9-13(19-14)15(2,3)4/h9,11-12,16H,6-8,10H2,1-5H3. The maximum Gasteiger partial charge on any atom is 0.211 e. The first-order valence-electron chi connectivity index (χ1n) is 7.29. The number of likely N-dealkylation sites (N-methyl/N-ethyl adjacent to an activating group) is 1. The fourth-order valence-corrected chi connectivity index (χ4v) is 2.58. The molecule has 0 aromatic carbocycles. The zero-order chi connectivity index (χ0) is 14.0. The quantitative estimate of drug-likeness (QED) is 0.912. The molecule has 0 aliphatic carbocycles. The number of hydrogen-bond acceptors (Lipinski definition) is 4. The molecule has 0 radical (unpaired) electrons. The molecule has 4 nitrogen and oxygen atoms in total. The third-order valence-corrected chi connectivity index (χ3v) is 4.03. The summed E-state index contributed by atoms with van der Waals surface area (Å²) >= 11 is 0. The van der Waals surface area contributed by atoms with Gasteiger partial charge in [-0.05, 0) is 33.4 Å². The van der Waals surface area contributed by atoms with E-state index in [2.05, 4.69) is 42.9 Å². The average molecular weight is 265 g/mol. The van der Waals surface area contributed by atoms with Crippen molar-refractivity contribution < 1.29 is 4.42 Å². The van der Waals surface area contributed by atoms with Crippen molar-refractivity contribution in [1.82, 2.24) is 15.2 Å². The second-order valence-corrected chi connectivity index (χ2v) is 6.61. The Kier molecular flexibility index (Phi) is 4.31. The van der Waals surface area contributed by atoms with E-state index in [0.717, 1.165) is 24.7 Å². The summed E-state index contributed by atoms with van der Waals surface area (Å²) in [6.45, 7) is 10.9. The van der Waals surface area contributed by atoms with Crippen LogP contribution >= 0.6 is 0 Å². The third-order valence-electron chi connectivity index (χ3n) is 4.03. The molecule has 1 N–H and O–H groups in total. The van der Waals surface area contributed by atoms with E-state index in [1.165, 1.54) is 12.8 Å². The molecule has 19 heavy (non-hydrogen) atoms. The summed E-state index contributed by atoms with van der Waals surface area (Å²) in [4.78, 5) is 6.94. The molecule has 0 bridgehead atoms. The molecule has 1 aliphatic rings. The van der Waals surface area contributed by atoms with Crippen molar-refractivity contribution in [2.75, 3.05) is 20.1 Å². The van der Waals surface area contributed by atoms with E-state index in [-0.39, 0.29) is 11.5 Å². The van der Waals surface area contributed by atoms with Crippen molar-refractivity contribution in [3.05, 3.63) is 17.8 Å². The highest BCUT2D eigenvalue weighted by atomic mass is 16.4. The van der Waals surface area contributed by atoms with Crippen LogP contribution in [0.2, 0.25) is 0 Å². The van der Waals surface area contributed by atoms with Gasteiger partial charge in [-0.3, -0.25) is 4.90 Å². The van der Waals surface area contributed by atoms with E-state index >= 15 is 0 Å². The van der Waals surface area contributed by atoms with E-state index in [4.69, 9.17) is 4.42 Å². The second-order valence-electron chi connectivity index (χ2n) is 6.61. The molecule has 0 saturated carbocycles. The summed E-state index contributed by atoms with van der Waals surface area (Å²) in [5.74, 6) is 1.82. The van der Waals surface area contributed by atoms with Crippen LogP contribution in [0.5, 0.6) is 0 Å². The number of rotatable bonds is 3. The fraction of sp³-hybridized carbons (Fsp3) is 0.800. The molecular formula is C15H27N3O. The van der Waals surface area contributed by atoms with Crippen LogP contribution in [0.3, 0.4) is 0 Å². The molecule has 1 saturated heterocycles. The second kappa shape index (κ2) is 5.63. The van der Waals surface area contributed by atoms with Gasteiger partial charge in [0.25, 0.3) is 0 Å². The number of piperidine rings is 1. The van der Waals surface area contributed by atoms with Crippen LogP contribution in [-0.2, 0) is 5.41 Å². The zero-order valence-corrected chi connectivity index (χ0v) is 12.9. The summed E-state index contributed by atoms with van der Waals surface area (Å²) in [5.41, 5.74) is 0.0282. The lowest BCUT2D eigenvalue weighted by Crippen LogP contribution is -2.45. The van der Waals surface area contributed by atoms with Crippen LogP contribution in [-0.4, -0.2) is 36.1 Å². The average Bonchev–Trinajstić information content (AvgIpc) is 2.87. The Morgan fingerprint density at radius 3 is 2.79 bits per heavy atom. The minimum absolute atomic E-state index is 0.0282. The van der Waals surface area contributed by atoms with Crippen LogP contribution in [0.4, 0.5) is 0 Å². The van der Waals surface area contributed by atoms with Gasteiger partial charge < -0.3 is 9.73 Å². The molecule has 0 amide bonds. The van der Waals surface area contributed by atoms with Crippen molar-refractivity contribution in [2.24, 2.45) is 0 Å². The Morgan fingerprint density at radius 2 is 2.21 bits per heavy atom. The van der Waals surface area contributed by atoms with Gasteiger partial charge in [0.2, 0.25) is 5.89 Å². The lowest BCUT2D eigenvalue weighted by Gasteiger charge is -2.35. The van der Waals surface area contributed by atoms with Crippen LogP contribution in [0.25, 0.3) is 0 Å². The van der Waals surface area contributed by atoms with Gasteiger partial charge in [-0.1, -0.05) is 20.8 Å². The Bertz CT molecular complexity index is 408. The molecule has 4 heteroatoms. The Hall–Kier alpha value is -0.870. The van der Waals surface area contributed by atoms with E-state index < -0.39 is 0 Å². The largest absolute Gasteiger partial charge is 0.443 e. The summed E-state index contributed by atoms with van der Waals surface area (Å²) in [7, 11) is 2.04. The van der Waals surface area contributed by atoms with Crippen LogP contribution < -0.4 is 5.32 Å². The van der Waals surface area contributed by atoms with Crippen molar-refractivity contribution >= 4 is 0 Å². The van der Waals surface area contributed by atoms with E-state index in [1.807, 2.05) is 13.2 Å². The topological polar surface area (TPSA) is 41.3 Å². The number of nitrogens with zero attached hydrogens (tertiary/aromatic N) is 2. The highest BCUT2D eigenvalue weighted by molar-refractivity contribution is 5.07. The number of hydrogen-bond donors (Lipinski definition) is 1. The number of oxazole rings is 1. The molecule has 2 atom stereocenters. The van der Waals surface area contributed by atoms with Crippen LogP contribution in [0, 0.1) is 0 Å². The molecule has 108 valence electrons. The number of nitrogens with one attached hydrogen (secondary N) is 1. The number of likely N-dealkylation sites (tertiary alicyclic amines) is 1. The van der Waals surface area contributed by atoms with Crippen molar-refractivity contribution in [3.8, 4) is 0 Å². The first-order chi connectivity index (χ1) is 8.91. The predicted octanol–water partition coefficient (Wildman–Crippen LogP) is 2.72. The van der Waals surface area contributed by atoms with Crippen molar-refractivity contribution in [2.45, 2.75) is 58.0 Å². The highest BCUT2D eigenvalue weighted by Crippen LogP contribution is 2.28. The summed E-state index contributed by atoms with van der Waals surface area (Å²) in [6, 6.07) is 0.848. The normalized spacial score (nSPS) is 23.5. The summed E-state index contributed by atoms with van der Waals surface area (Å²) < 4.78 is 5.96. The van der Waals surface area contributed by atoms with Gasteiger partial charge in [-0.15, -0.1) is 0 Å². The summed E-state index contributed by atoms with van der Waals surface area (Å²) in [6.07, 6.45) is 4.38. The van der Waals surface area contributed by atoms with Gasteiger partial charge in [-0.25, -0.2) is 4.98 Å². The van der Waals surface area contributed by atoms with Crippen LogP contribution in [0.1, 0.15) is 58.2 Å². The van der Waals surface area contributed by atoms with E-state index in [1.54, 1.807) is 0 Å². The highest BCUT2D eigenvalue weighted by Gasteiger charge is 2.27. The molecule has 1 fully saturated rings. The first kappa shape index (κ1) is 14.5. The molecule has 1 aromatic rings. The Morgan fingerprint density at radius 1 is 1.47 bits per heavy atom. The van der Waals surface area contributed by atoms with Crippen molar-refractivity contribution in [1.29, 1.82) is 0 Å². The van der Waals surface area contributed by atoms with Gasteiger partial charge in [0.15, 0.2) is 0 Å². The Balaban J connectivity index is 2.06. The minimum Gasteiger partial charge on any atom is -0.443 e. The van der Waals surface area contributed by atoms with Gasteiger partial charge >= 0.3 is 0 Å². The Labute approximate surface area is 116 Å². The number of aromatic nitrogens is 1. The smallest absolute Gasteiger partial charge is 0.211 e. The SMILES string of the molecule is CNC1CCCN(C(C)c2ncc(C(C)(C)C)o2)C1. The lowest BCUT2D eigenvalue weighted by molar-refractivity contribution is 0.129. The molecule has 1 aliphatic heterocycles. The molecule has 2 heterocycles. The van der Waals surface area contributed by atoms with E-state index in [9.17, 15) is 0 Å². The maximum atomic E-state index is 5.96. The molecular weight excluding hydrogens is 238 g/mol. The lowest BCUT2D eigenvalue weighted by atomic mass is 9.94. The maximum absolute atomic E-state index is 5.96. The molecule has 2 unspecified atom stereocenters. The first-order valence-corrected chi connectivity index (χ1v) is 7.29. The molecule has 0 spiro atoms.